The van der Waals surface area contributed by atoms with Crippen molar-refractivity contribution >= 4 is 39.3 Å². The number of nitrogens with zero attached hydrogens (tertiary/aromatic N) is 2. The van der Waals surface area contributed by atoms with Crippen LogP contribution in [-0.4, -0.2) is 32.7 Å². The number of aromatic nitrogens is 3. The number of nitrogens with one attached hydrogen (secondary N) is 2. The van der Waals surface area contributed by atoms with Gasteiger partial charge in [0, 0.05) is 17.4 Å². The van der Waals surface area contributed by atoms with Gasteiger partial charge in [0.15, 0.2) is 28.3 Å². The predicted molar refractivity (Wildman–Crippen MR) is 94.1 cm³/mol. The van der Waals surface area contributed by atoms with Crippen molar-refractivity contribution in [2.45, 2.75) is 23.9 Å². The maximum atomic E-state index is 13.7. The van der Waals surface area contributed by atoms with E-state index >= 15 is 0 Å². The van der Waals surface area contributed by atoms with E-state index in [2.05, 4.69) is 20.3 Å². The minimum absolute atomic E-state index is 0.109. The average molecular weight is 384 g/mol. The summed E-state index contributed by atoms with van der Waals surface area (Å²) < 4.78 is 27.6. The molecule has 132 valence electrons. The number of rotatable bonds is 6. The molecule has 0 aliphatic rings. The number of benzene rings is 1. The molecular weight excluding hydrogens is 370 g/mol. The monoisotopic (exact) mass is 384 g/mol. The number of thioether (sulfide) groups is 1. The Bertz CT molecular complexity index is 960. The van der Waals surface area contributed by atoms with E-state index in [-0.39, 0.29) is 28.8 Å². The molecule has 2 aromatic heterocycles. The summed E-state index contributed by atoms with van der Waals surface area (Å²) in [5, 5.41) is 12.5. The van der Waals surface area contributed by atoms with Crippen LogP contribution in [0.4, 0.5) is 14.6 Å². The van der Waals surface area contributed by atoms with Crippen molar-refractivity contribution in [1.29, 1.82) is 0 Å². The summed E-state index contributed by atoms with van der Waals surface area (Å²) in [5.41, 5.74) is 0.561. The first-order valence-corrected chi connectivity index (χ1v) is 9.12. The summed E-state index contributed by atoms with van der Waals surface area (Å²) in [6.45, 7) is 1.65. The van der Waals surface area contributed by atoms with Crippen LogP contribution in [0.5, 0.6) is 0 Å². The first-order chi connectivity index (χ1) is 12.0. The van der Waals surface area contributed by atoms with Gasteiger partial charge < -0.3 is 10.4 Å². The maximum absolute atomic E-state index is 13.7. The summed E-state index contributed by atoms with van der Waals surface area (Å²) in [6.07, 6.45) is 0. The van der Waals surface area contributed by atoms with E-state index in [0.717, 1.165) is 29.2 Å². The summed E-state index contributed by atoms with van der Waals surface area (Å²) in [5.74, 6) is -1.25. The van der Waals surface area contributed by atoms with Crippen molar-refractivity contribution in [3.05, 3.63) is 45.1 Å². The zero-order chi connectivity index (χ0) is 18.0. The third-order valence-corrected chi connectivity index (χ3v) is 5.08. The lowest BCUT2D eigenvalue weighted by Crippen LogP contribution is -2.20. The zero-order valence-electron chi connectivity index (χ0n) is 13.0. The van der Waals surface area contributed by atoms with E-state index in [9.17, 15) is 18.7 Å². The number of H-pyrrole nitrogens is 1. The van der Waals surface area contributed by atoms with Gasteiger partial charge in [-0.3, -0.25) is 9.78 Å². The van der Waals surface area contributed by atoms with Gasteiger partial charge in [0.1, 0.15) is 4.70 Å². The largest absolute Gasteiger partial charge is 0.394 e. The fourth-order valence-corrected chi connectivity index (χ4v) is 3.62. The number of thiazole rings is 1. The minimum Gasteiger partial charge on any atom is -0.394 e. The Labute approximate surface area is 149 Å². The van der Waals surface area contributed by atoms with Gasteiger partial charge in [-0.05, 0) is 13.0 Å². The highest BCUT2D eigenvalue weighted by atomic mass is 32.2. The Morgan fingerprint density at radius 3 is 2.96 bits per heavy atom. The molecule has 0 radical (unpaired) electrons. The molecule has 0 spiro atoms. The van der Waals surface area contributed by atoms with Crippen LogP contribution in [0.1, 0.15) is 12.5 Å². The lowest BCUT2D eigenvalue weighted by Gasteiger charge is -2.12. The second kappa shape index (κ2) is 7.46. The molecule has 3 rings (SSSR count). The van der Waals surface area contributed by atoms with Gasteiger partial charge in [-0.2, -0.15) is 0 Å². The van der Waals surface area contributed by atoms with E-state index in [1.54, 1.807) is 6.92 Å². The summed E-state index contributed by atoms with van der Waals surface area (Å²) in [4.78, 5) is 22.5. The standard InChI is InChI=1S/C15H14F2N4O2S2/c1-7(5-22)18-12-11-13(21-15(23)25-11)20-14(19-12)24-6-8-3-2-4-9(16)10(8)17/h2-4,7,22H,5-6H2,1H3,(H2,18,19,20,21,23)/t7-/m1/s1. The van der Waals surface area contributed by atoms with Crippen LogP contribution >= 0.6 is 23.1 Å². The van der Waals surface area contributed by atoms with Crippen LogP contribution < -0.4 is 10.2 Å². The molecule has 0 unspecified atom stereocenters. The first-order valence-electron chi connectivity index (χ1n) is 7.32. The van der Waals surface area contributed by atoms with Crippen LogP contribution in [0.2, 0.25) is 0 Å². The molecular formula is C15H14F2N4O2S2. The Morgan fingerprint density at radius 2 is 2.20 bits per heavy atom. The number of halogens is 2. The van der Waals surface area contributed by atoms with Crippen LogP contribution in [0, 0.1) is 11.6 Å². The van der Waals surface area contributed by atoms with E-state index in [4.69, 9.17) is 0 Å². The molecule has 0 aliphatic heterocycles. The lowest BCUT2D eigenvalue weighted by molar-refractivity contribution is 0.281. The minimum atomic E-state index is -0.907. The molecule has 2 heterocycles. The number of aliphatic hydroxyl groups is 1. The van der Waals surface area contributed by atoms with E-state index < -0.39 is 11.6 Å². The predicted octanol–water partition coefficient (Wildman–Crippen LogP) is 2.74. The molecule has 0 fully saturated rings. The van der Waals surface area contributed by atoms with E-state index in [0.29, 0.717) is 21.3 Å². The van der Waals surface area contributed by atoms with E-state index in [1.165, 1.54) is 12.1 Å². The summed E-state index contributed by atoms with van der Waals surface area (Å²) in [7, 11) is 0. The highest BCUT2D eigenvalue weighted by Crippen LogP contribution is 2.28. The van der Waals surface area contributed by atoms with E-state index in [1.807, 2.05) is 0 Å². The number of aliphatic hydroxyl groups excluding tert-OH is 1. The van der Waals surface area contributed by atoms with Gasteiger partial charge in [0.25, 0.3) is 0 Å². The molecule has 1 aromatic carbocycles. The lowest BCUT2D eigenvalue weighted by atomic mass is 10.2. The third kappa shape index (κ3) is 3.97. The van der Waals surface area contributed by atoms with Crippen molar-refractivity contribution in [1.82, 2.24) is 15.0 Å². The molecule has 10 heteroatoms. The van der Waals surface area contributed by atoms with Crippen molar-refractivity contribution in [2.24, 2.45) is 0 Å². The Balaban J connectivity index is 1.90. The fourth-order valence-electron chi connectivity index (χ4n) is 2.07. The number of hydrogen-bond acceptors (Lipinski definition) is 7. The second-order valence-electron chi connectivity index (χ2n) is 5.28. The average Bonchev–Trinajstić information content (AvgIpc) is 2.96. The normalized spacial score (nSPS) is 12.5. The molecule has 3 N–H and O–H groups in total. The number of aromatic amines is 1. The third-order valence-electron chi connectivity index (χ3n) is 3.31. The molecule has 25 heavy (non-hydrogen) atoms. The van der Waals surface area contributed by atoms with Crippen molar-refractivity contribution in [3.63, 3.8) is 0 Å². The Morgan fingerprint density at radius 1 is 1.40 bits per heavy atom. The number of anilines is 1. The van der Waals surface area contributed by atoms with Gasteiger partial charge in [-0.15, -0.1) is 0 Å². The van der Waals surface area contributed by atoms with Gasteiger partial charge >= 0.3 is 4.87 Å². The van der Waals surface area contributed by atoms with Crippen LogP contribution in [-0.2, 0) is 5.75 Å². The van der Waals surface area contributed by atoms with Crippen molar-refractivity contribution in [3.8, 4) is 0 Å². The topological polar surface area (TPSA) is 90.9 Å². The number of fused-ring (bicyclic) bond motifs is 1. The first kappa shape index (κ1) is 17.8. The van der Waals surface area contributed by atoms with Gasteiger partial charge in [0.2, 0.25) is 0 Å². The maximum Gasteiger partial charge on any atom is 0.306 e. The molecule has 0 aliphatic carbocycles. The van der Waals surface area contributed by atoms with Crippen molar-refractivity contribution in [2.75, 3.05) is 11.9 Å². The molecule has 0 amide bonds. The highest BCUT2D eigenvalue weighted by Gasteiger charge is 2.15. The molecule has 1 atom stereocenters. The fraction of sp³-hybridized carbons (Fsp3) is 0.267. The molecule has 0 saturated heterocycles. The SMILES string of the molecule is C[C@H](CO)Nc1nc(SCc2cccc(F)c2F)nc2[nH]c(=O)sc12. The smallest absolute Gasteiger partial charge is 0.306 e. The zero-order valence-corrected chi connectivity index (χ0v) is 14.7. The van der Waals surface area contributed by atoms with Gasteiger partial charge in [0.05, 0.1) is 6.61 Å². The van der Waals surface area contributed by atoms with Crippen molar-refractivity contribution < 1.29 is 13.9 Å². The Hall–Kier alpha value is -2.04. The molecule has 6 nitrogen and oxygen atoms in total. The van der Waals surface area contributed by atoms with Crippen LogP contribution in [0.15, 0.2) is 28.2 Å². The summed E-state index contributed by atoms with van der Waals surface area (Å²) in [6, 6.07) is 3.71. The Kier molecular flexibility index (Phi) is 5.30. The van der Waals surface area contributed by atoms with Crippen LogP contribution in [0.3, 0.4) is 0 Å². The van der Waals surface area contributed by atoms with Crippen LogP contribution in [0.25, 0.3) is 10.3 Å². The molecule has 3 aromatic rings. The quantitative estimate of drug-likeness (QED) is 0.447. The molecule has 0 saturated carbocycles. The number of hydrogen-bond donors (Lipinski definition) is 3. The summed E-state index contributed by atoms with van der Waals surface area (Å²) >= 11 is 2.08. The van der Waals surface area contributed by atoms with Gasteiger partial charge in [-0.1, -0.05) is 35.2 Å². The molecule has 0 bridgehead atoms. The van der Waals surface area contributed by atoms with Gasteiger partial charge in [-0.25, -0.2) is 18.7 Å². The second-order valence-corrected chi connectivity index (χ2v) is 7.20. The highest BCUT2D eigenvalue weighted by molar-refractivity contribution is 7.98.